The molecule has 2 N–H and O–H groups in total. The molecule has 0 unspecified atom stereocenters. The van der Waals surface area contributed by atoms with Crippen molar-refractivity contribution < 1.29 is 4.79 Å². The largest absolute Gasteiger partial charge is 0.370 e. The molecule has 0 heterocycles. The zero-order valence-corrected chi connectivity index (χ0v) is 5.00. The van der Waals surface area contributed by atoms with E-state index in [1.807, 2.05) is 0 Å². The Morgan fingerprint density at radius 1 is 1.89 bits per heavy atom. The van der Waals surface area contributed by atoms with E-state index in [1.165, 1.54) is 0 Å². The molecule has 3 heteroatoms. The number of hydrogen-bond acceptors (Lipinski definition) is 2. The number of hydrogen-bond donors (Lipinski definition) is 1. The average Bonchev–Trinajstić information content (AvgIpc) is 2.45. The number of rotatable bonds is 2. The zero-order valence-electron chi connectivity index (χ0n) is 5.00. The Morgan fingerprint density at radius 3 is 2.89 bits per heavy atom. The molecule has 3 nitrogen and oxygen atoms in total. The maximum Gasteiger partial charge on any atom is 0.217 e. The Balaban J connectivity index is 2.22. The summed E-state index contributed by atoms with van der Waals surface area (Å²) in [5.74, 6) is 0.0859. The Hall–Kier alpha value is -1.04. The number of carbonyl (C=O) groups excluding carboxylic acids is 1. The van der Waals surface area contributed by atoms with Gasteiger partial charge in [-0.05, 0) is 12.3 Å². The Labute approximate surface area is 53.5 Å². The SMILES string of the molecule is N#C[C@H]1C[C@H]1CC(N)=O. The molecule has 9 heavy (non-hydrogen) atoms. The standard InChI is InChI=1S/C6H8N2O/c7-3-5-1-4(5)2-6(8)9/h4-5H,1-2H2,(H2,8,9)/t4-,5+/m0/s1. The van der Waals surface area contributed by atoms with E-state index >= 15 is 0 Å². The summed E-state index contributed by atoms with van der Waals surface area (Å²) in [4.78, 5) is 10.2. The number of primary amides is 1. The maximum atomic E-state index is 10.2. The van der Waals surface area contributed by atoms with Gasteiger partial charge in [-0.1, -0.05) is 0 Å². The molecule has 0 aliphatic heterocycles. The number of nitrogens with two attached hydrogens (primary N) is 1. The van der Waals surface area contributed by atoms with Crippen molar-refractivity contribution in [3.8, 4) is 6.07 Å². The van der Waals surface area contributed by atoms with Crippen molar-refractivity contribution in [2.75, 3.05) is 0 Å². The minimum atomic E-state index is -0.294. The molecule has 0 radical (unpaired) electrons. The van der Waals surface area contributed by atoms with Crippen molar-refractivity contribution in [3.63, 3.8) is 0 Å². The highest BCUT2D eigenvalue weighted by molar-refractivity contribution is 5.74. The second-order valence-electron chi connectivity index (χ2n) is 2.40. The van der Waals surface area contributed by atoms with Crippen LogP contribution in [0, 0.1) is 23.2 Å². The summed E-state index contributed by atoms with van der Waals surface area (Å²) in [6.07, 6.45) is 1.25. The fourth-order valence-corrected chi connectivity index (χ4v) is 0.890. The van der Waals surface area contributed by atoms with Gasteiger partial charge in [-0.3, -0.25) is 4.79 Å². The van der Waals surface area contributed by atoms with Crippen molar-refractivity contribution >= 4 is 5.91 Å². The summed E-state index contributed by atoms with van der Waals surface area (Å²) in [6.45, 7) is 0. The van der Waals surface area contributed by atoms with Gasteiger partial charge in [0, 0.05) is 6.42 Å². The molecule has 0 bridgehead atoms. The third-order valence-electron chi connectivity index (χ3n) is 1.55. The molecule has 2 atom stereocenters. The van der Waals surface area contributed by atoms with Crippen LogP contribution in [0.1, 0.15) is 12.8 Å². The minimum absolute atomic E-state index is 0.109. The van der Waals surface area contributed by atoms with Gasteiger partial charge < -0.3 is 5.73 Å². The van der Waals surface area contributed by atoms with Crippen LogP contribution in [0.25, 0.3) is 0 Å². The molecule has 0 aromatic heterocycles. The first-order chi connectivity index (χ1) is 4.24. The normalized spacial score (nSPS) is 31.0. The number of amides is 1. The van der Waals surface area contributed by atoms with Gasteiger partial charge in [0.05, 0.1) is 12.0 Å². The van der Waals surface area contributed by atoms with Gasteiger partial charge in [0.25, 0.3) is 0 Å². The van der Waals surface area contributed by atoms with Crippen LogP contribution in [0.15, 0.2) is 0 Å². The highest BCUT2D eigenvalue weighted by atomic mass is 16.1. The molecule has 0 aromatic carbocycles. The molecule has 1 aliphatic rings. The quantitative estimate of drug-likeness (QED) is 0.564. The average molecular weight is 124 g/mol. The fraction of sp³-hybridized carbons (Fsp3) is 0.667. The molecular formula is C6H8N2O. The molecule has 1 saturated carbocycles. The third kappa shape index (κ3) is 1.43. The van der Waals surface area contributed by atoms with Crippen LogP contribution in [-0.2, 0) is 4.79 Å². The van der Waals surface area contributed by atoms with Crippen LogP contribution >= 0.6 is 0 Å². The van der Waals surface area contributed by atoms with E-state index in [0.29, 0.717) is 6.42 Å². The molecule has 1 fully saturated rings. The van der Waals surface area contributed by atoms with Gasteiger partial charge in [0.2, 0.25) is 5.91 Å². The van der Waals surface area contributed by atoms with Crippen molar-refractivity contribution in [1.82, 2.24) is 0 Å². The topological polar surface area (TPSA) is 66.9 Å². The Bertz CT molecular complexity index is 170. The van der Waals surface area contributed by atoms with Gasteiger partial charge in [-0.25, -0.2) is 0 Å². The number of carbonyl (C=O) groups is 1. The van der Waals surface area contributed by atoms with Gasteiger partial charge in [0.1, 0.15) is 0 Å². The molecule has 1 aliphatic carbocycles. The highest BCUT2D eigenvalue weighted by Crippen LogP contribution is 2.39. The summed E-state index contributed by atoms with van der Waals surface area (Å²) in [5.41, 5.74) is 4.90. The first-order valence-electron chi connectivity index (χ1n) is 2.92. The second-order valence-corrected chi connectivity index (χ2v) is 2.40. The van der Waals surface area contributed by atoms with E-state index in [0.717, 1.165) is 6.42 Å². The molecular weight excluding hydrogens is 116 g/mol. The van der Waals surface area contributed by atoms with Crippen LogP contribution < -0.4 is 5.73 Å². The van der Waals surface area contributed by atoms with E-state index in [4.69, 9.17) is 11.0 Å². The smallest absolute Gasteiger partial charge is 0.217 e. The first kappa shape index (κ1) is 6.09. The molecule has 1 rings (SSSR count). The predicted octanol–water partition coefficient (Wildman–Crippen LogP) is 0.0215. The molecule has 0 aromatic rings. The van der Waals surface area contributed by atoms with Crippen LogP contribution in [0.4, 0.5) is 0 Å². The van der Waals surface area contributed by atoms with Gasteiger partial charge in [-0.15, -0.1) is 0 Å². The number of nitriles is 1. The van der Waals surface area contributed by atoms with Crippen molar-refractivity contribution in [2.24, 2.45) is 17.6 Å². The van der Waals surface area contributed by atoms with Crippen LogP contribution in [0.5, 0.6) is 0 Å². The van der Waals surface area contributed by atoms with Crippen LogP contribution in [0.2, 0.25) is 0 Å². The molecule has 0 saturated heterocycles. The summed E-state index contributed by atoms with van der Waals surface area (Å²) >= 11 is 0. The van der Waals surface area contributed by atoms with Crippen molar-refractivity contribution in [2.45, 2.75) is 12.8 Å². The monoisotopic (exact) mass is 124 g/mol. The summed E-state index contributed by atoms with van der Waals surface area (Å²) < 4.78 is 0. The first-order valence-corrected chi connectivity index (χ1v) is 2.92. The lowest BCUT2D eigenvalue weighted by Gasteiger charge is -1.86. The van der Waals surface area contributed by atoms with Crippen LogP contribution in [0.3, 0.4) is 0 Å². The summed E-state index contributed by atoms with van der Waals surface area (Å²) in [6, 6.07) is 2.09. The van der Waals surface area contributed by atoms with Gasteiger partial charge in [-0.2, -0.15) is 5.26 Å². The Morgan fingerprint density at radius 2 is 2.56 bits per heavy atom. The number of nitrogens with zero attached hydrogens (tertiary/aromatic N) is 1. The lowest BCUT2D eigenvalue weighted by molar-refractivity contribution is -0.118. The summed E-state index contributed by atoms with van der Waals surface area (Å²) in [7, 11) is 0. The summed E-state index contributed by atoms with van der Waals surface area (Å²) in [5, 5.41) is 8.29. The minimum Gasteiger partial charge on any atom is -0.370 e. The third-order valence-corrected chi connectivity index (χ3v) is 1.55. The van der Waals surface area contributed by atoms with Gasteiger partial charge >= 0.3 is 0 Å². The van der Waals surface area contributed by atoms with Gasteiger partial charge in [0.15, 0.2) is 0 Å². The zero-order chi connectivity index (χ0) is 6.85. The predicted molar refractivity (Wildman–Crippen MR) is 31.0 cm³/mol. The van der Waals surface area contributed by atoms with E-state index in [2.05, 4.69) is 6.07 Å². The maximum absolute atomic E-state index is 10.2. The van der Waals surface area contributed by atoms with E-state index < -0.39 is 0 Å². The van der Waals surface area contributed by atoms with E-state index in [9.17, 15) is 4.79 Å². The highest BCUT2D eigenvalue weighted by Gasteiger charge is 2.37. The van der Waals surface area contributed by atoms with Crippen molar-refractivity contribution in [1.29, 1.82) is 5.26 Å². The van der Waals surface area contributed by atoms with Crippen molar-refractivity contribution in [3.05, 3.63) is 0 Å². The van der Waals surface area contributed by atoms with E-state index in [1.54, 1.807) is 0 Å². The van der Waals surface area contributed by atoms with Crippen LogP contribution in [-0.4, -0.2) is 5.91 Å². The second kappa shape index (κ2) is 2.06. The van der Waals surface area contributed by atoms with E-state index in [-0.39, 0.29) is 17.7 Å². The lowest BCUT2D eigenvalue weighted by Crippen LogP contribution is -2.11. The Kier molecular flexibility index (Phi) is 1.39. The molecule has 0 spiro atoms. The lowest BCUT2D eigenvalue weighted by atomic mass is 10.2. The fourth-order valence-electron chi connectivity index (χ4n) is 0.890. The molecule has 1 amide bonds. The molecule has 48 valence electrons.